The Morgan fingerprint density at radius 1 is 1.19 bits per heavy atom. The number of rotatable bonds is 5. The SMILES string of the molecule is NCCN1C(=O)CC[C@H]2CN(Cc3cccn3-c3ccccn3)CC[C@H]21. The van der Waals surface area contributed by atoms with Crippen LogP contribution >= 0.6 is 0 Å². The van der Waals surface area contributed by atoms with Crippen LogP contribution < -0.4 is 5.73 Å². The third-order valence-corrected chi connectivity index (χ3v) is 5.71. The van der Waals surface area contributed by atoms with E-state index in [-0.39, 0.29) is 5.91 Å². The molecule has 2 aromatic heterocycles. The predicted octanol–water partition coefficient (Wildman–Crippen LogP) is 1.64. The number of likely N-dealkylation sites (tertiary alicyclic amines) is 2. The van der Waals surface area contributed by atoms with Gasteiger partial charge in [-0.25, -0.2) is 4.98 Å². The van der Waals surface area contributed by atoms with Gasteiger partial charge in [-0.1, -0.05) is 6.07 Å². The highest BCUT2D eigenvalue weighted by molar-refractivity contribution is 5.77. The molecule has 2 aliphatic rings. The highest BCUT2D eigenvalue weighted by Crippen LogP contribution is 2.31. The summed E-state index contributed by atoms with van der Waals surface area (Å²) in [5, 5.41) is 0. The standard InChI is InChI=1S/C20H27N5O/c21-9-13-25-18-8-12-23(14-16(18)6-7-20(25)26)15-17-4-3-11-24(17)19-5-1-2-10-22-19/h1-5,10-11,16,18H,6-9,12-15,21H2/t16-,18+/m0/s1. The minimum atomic E-state index is 0.286. The van der Waals surface area contributed by atoms with E-state index in [1.807, 2.05) is 29.3 Å². The van der Waals surface area contributed by atoms with Crippen LogP contribution in [0, 0.1) is 5.92 Å². The zero-order chi connectivity index (χ0) is 17.9. The average Bonchev–Trinajstić information content (AvgIpc) is 3.13. The Bertz CT molecular complexity index is 744. The summed E-state index contributed by atoms with van der Waals surface area (Å²) in [6, 6.07) is 10.6. The fourth-order valence-electron chi connectivity index (χ4n) is 4.49. The van der Waals surface area contributed by atoms with Gasteiger partial charge >= 0.3 is 0 Å². The Morgan fingerprint density at radius 3 is 2.92 bits per heavy atom. The maximum atomic E-state index is 12.2. The smallest absolute Gasteiger partial charge is 0.222 e. The number of nitrogens with zero attached hydrogens (tertiary/aromatic N) is 4. The topological polar surface area (TPSA) is 67.4 Å². The van der Waals surface area contributed by atoms with E-state index >= 15 is 0 Å². The maximum absolute atomic E-state index is 12.2. The van der Waals surface area contributed by atoms with Crippen molar-refractivity contribution in [3.63, 3.8) is 0 Å². The molecule has 0 saturated carbocycles. The van der Waals surface area contributed by atoms with Gasteiger partial charge in [-0.05, 0) is 43.0 Å². The van der Waals surface area contributed by atoms with Crippen LogP contribution in [-0.2, 0) is 11.3 Å². The van der Waals surface area contributed by atoms with Crippen LogP contribution in [0.15, 0.2) is 42.7 Å². The van der Waals surface area contributed by atoms with Gasteiger partial charge in [-0.2, -0.15) is 0 Å². The van der Waals surface area contributed by atoms with Gasteiger partial charge in [0.1, 0.15) is 5.82 Å². The van der Waals surface area contributed by atoms with Crippen molar-refractivity contribution in [1.29, 1.82) is 0 Å². The van der Waals surface area contributed by atoms with Crippen molar-refractivity contribution in [3.05, 3.63) is 48.4 Å². The summed E-state index contributed by atoms with van der Waals surface area (Å²) in [7, 11) is 0. The highest BCUT2D eigenvalue weighted by Gasteiger charge is 2.38. The number of carbonyl (C=O) groups is 1. The molecule has 2 aliphatic heterocycles. The lowest BCUT2D eigenvalue weighted by Gasteiger charge is -2.47. The summed E-state index contributed by atoms with van der Waals surface area (Å²) >= 11 is 0. The van der Waals surface area contributed by atoms with Gasteiger partial charge in [0.2, 0.25) is 5.91 Å². The van der Waals surface area contributed by atoms with Crippen molar-refractivity contribution < 1.29 is 4.79 Å². The monoisotopic (exact) mass is 353 g/mol. The van der Waals surface area contributed by atoms with Gasteiger partial charge in [0, 0.05) is 63.3 Å². The molecule has 0 aliphatic carbocycles. The molecule has 2 atom stereocenters. The van der Waals surface area contributed by atoms with Crippen molar-refractivity contribution in [2.75, 3.05) is 26.2 Å². The van der Waals surface area contributed by atoms with Crippen LogP contribution in [0.4, 0.5) is 0 Å². The Morgan fingerprint density at radius 2 is 2.12 bits per heavy atom. The molecule has 6 nitrogen and oxygen atoms in total. The fraction of sp³-hybridized carbons (Fsp3) is 0.500. The minimum absolute atomic E-state index is 0.286. The molecule has 0 unspecified atom stereocenters. The van der Waals surface area contributed by atoms with Gasteiger partial charge in [0.05, 0.1) is 0 Å². The Kier molecular flexibility index (Phi) is 5.04. The Hall–Kier alpha value is -2.18. The summed E-state index contributed by atoms with van der Waals surface area (Å²) in [6.07, 6.45) is 6.62. The number of hydrogen-bond donors (Lipinski definition) is 1. The van der Waals surface area contributed by atoms with Crippen LogP contribution in [0.25, 0.3) is 5.82 Å². The lowest BCUT2D eigenvalue weighted by Crippen LogP contribution is -2.56. The molecular weight excluding hydrogens is 326 g/mol. The van der Waals surface area contributed by atoms with Crippen molar-refractivity contribution >= 4 is 5.91 Å². The molecule has 2 aromatic rings. The number of aromatic nitrogens is 2. The third kappa shape index (κ3) is 3.39. The molecule has 2 saturated heterocycles. The first-order chi connectivity index (χ1) is 12.8. The first kappa shape index (κ1) is 17.2. The fourth-order valence-corrected chi connectivity index (χ4v) is 4.49. The second-order valence-electron chi connectivity index (χ2n) is 7.32. The first-order valence-corrected chi connectivity index (χ1v) is 9.56. The summed E-state index contributed by atoms with van der Waals surface area (Å²) in [5.74, 6) is 1.81. The lowest BCUT2D eigenvalue weighted by atomic mass is 9.83. The van der Waals surface area contributed by atoms with Crippen LogP contribution in [0.1, 0.15) is 25.0 Å². The Labute approximate surface area is 154 Å². The van der Waals surface area contributed by atoms with Gasteiger partial charge in [0.15, 0.2) is 0 Å². The summed E-state index contributed by atoms with van der Waals surface area (Å²) in [6.45, 7) is 4.23. The lowest BCUT2D eigenvalue weighted by molar-refractivity contribution is -0.141. The second-order valence-corrected chi connectivity index (χ2v) is 7.32. The quantitative estimate of drug-likeness (QED) is 0.887. The molecular formula is C20H27N5O. The zero-order valence-electron chi connectivity index (χ0n) is 15.1. The van der Waals surface area contributed by atoms with Crippen molar-refractivity contribution in [2.45, 2.75) is 31.8 Å². The third-order valence-electron chi connectivity index (χ3n) is 5.71. The maximum Gasteiger partial charge on any atom is 0.222 e. The van der Waals surface area contributed by atoms with E-state index in [4.69, 9.17) is 5.73 Å². The summed E-state index contributed by atoms with van der Waals surface area (Å²) < 4.78 is 2.16. The van der Waals surface area contributed by atoms with E-state index < -0.39 is 0 Å². The average molecular weight is 353 g/mol. The molecule has 26 heavy (non-hydrogen) atoms. The molecule has 1 amide bonds. The molecule has 4 rings (SSSR count). The molecule has 138 valence electrons. The van der Waals surface area contributed by atoms with E-state index in [0.717, 1.165) is 38.3 Å². The van der Waals surface area contributed by atoms with E-state index in [9.17, 15) is 4.79 Å². The van der Waals surface area contributed by atoms with Crippen LogP contribution in [0.2, 0.25) is 0 Å². The molecule has 2 N–H and O–H groups in total. The Balaban J connectivity index is 1.44. The predicted molar refractivity (Wildman–Crippen MR) is 101 cm³/mol. The first-order valence-electron chi connectivity index (χ1n) is 9.56. The van der Waals surface area contributed by atoms with Crippen LogP contribution in [0.3, 0.4) is 0 Å². The molecule has 4 heterocycles. The number of carbonyl (C=O) groups excluding carboxylic acids is 1. The normalized spacial score (nSPS) is 23.9. The van der Waals surface area contributed by atoms with E-state index in [1.165, 1.54) is 5.69 Å². The van der Waals surface area contributed by atoms with Crippen molar-refractivity contribution in [2.24, 2.45) is 11.7 Å². The molecule has 0 radical (unpaired) electrons. The molecule has 0 spiro atoms. The van der Waals surface area contributed by atoms with E-state index in [1.54, 1.807) is 0 Å². The van der Waals surface area contributed by atoms with E-state index in [0.29, 0.717) is 31.5 Å². The molecule has 6 heteroatoms. The second kappa shape index (κ2) is 7.60. The highest BCUT2D eigenvalue weighted by atomic mass is 16.2. The minimum Gasteiger partial charge on any atom is -0.338 e. The molecule has 0 bridgehead atoms. The van der Waals surface area contributed by atoms with Crippen molar-refractivity contribution in [1.82, 2.24) is 19.4 Å². The van der Waals surface area contributed by atoms with E-state index in [2.05, 4.69) is 32.8 Å². The summed E-state index contributed by atoms with van der Waals surface area (Å²) in [5.41, 5.74) is 6.98. The zero-order valence-corrected chi connectivity index (χ0v) is 15.1. The van der Waals surface area contributed by atoms with Gasteiger partial charge in [-0.15, -0.1) is 0 Å². The largest absolute Gasteiger partial charge is 0.338 e. The number of hydrogen-bond acceptors (Lipinski definition) is 4. The van der Waals surface area contributed by atoms with Crippen LogP contribution in [-0.4, -0.2) is 57.5 Å². The molecule has 0 aromatic carbocycles. The number of pyridine rings is 1. The number of fused-ring (bicyclic) bond motifs is 1. The van der Waals surface area contributed by atoms with Gasteiger partial charge in [0.25, 0.3) is 0 Å². The number of nitrogens with two attached hydrogens (primary N) is 1. The van der Waals surface area contributed by atoms with Crippen molar-refractivity contribution in [3.8, 4) is 5.82 Å². The van der Waals surface area contributed by atoms with Gasteiger partial charge in [-0.3, -0.25) is 9.69 Å². The molecule has 2 fully saturated rings. The number of piperidine rings is 2. The van der Waals surface area contributed by atoms with Gasteiger partial charge < -0.3 is 15.2 Å². The number of amides is 1. The van der Waals surface area contributed by atoms with Crippen LogP contribution in [0.5, 0.6) is 0 Å². The summed E-state index contributed by atoms with van der Waals surface area (Å²) in [4.78, 5) is 21.3.